The monoisotopic (exact) mass is 252 g/mol. The predicted octanol–water partition coefficient (Wildman–Crippen LogP) is 3.42. The minimum Gasteiger partial charge on any atom is -0.308 e. The molecule has 1 aliphatic carbocycles. The third-order valence-corrected chi connectivity index (χ3v) is 5.03. The molecule has 2 fully saturated rings. The van der Waals surface area contributed by atoms with Gasteiger partial charge in [-0.05, 0) is 45.6 Å². The molecule has 1 saturated heterocycles. The van der Waals surface area contributed by atoms with E-state index in [9.17, 15) is 0 Å². The highest BCUT2D eigenvalue weighted by atomic mass is 15.3. The first-order valence-electron chi connectivity index (χ1n) is 7.94. The number of piperazine rings is 1. The number of hydrogen-bond acceptors (Lipinski definition) is 2. The van der Waals surface area contributed by atoms with Gasteiger partial charge in [-0.3, -0.25) is 4.90 Å². The van der Waals surface area contributed by atoms with Gasteiger partial charge in [-0.2, -0.15) is 0 Å². The highest BCUT2D eigenvalue weighted by Gasteiger charge is 2.42. The molecule has 0 aromatic heterocycles. The molecule has 106 valence electrons. The molecule has 0 radical (unpaired) electrons. The average molecular weight is 252 g/mol. The molecule has 1 heterocycles. The van der Waals surface area contributed by atoms with Gasteiger partial charge in [0.15, 0.2) is 0 Å². The van der Waals surface area contributed by atoms with Crippen LogP contribution in [0.15, 0.2) is 0 Å². The molecule has 1 N–H and O–H groups in total. The second-order valence-corrected chi connectivity index (χ2v) is 7.61. The fourth-order valence-electron chi connectivity index (χ4n) is 3.51. The van der Waals surface area contributed by atoms with Crippen molar-refractivity contribution in [1.29, 1.82) is 0 Å². The highest BCUT2D eigenvalue weighted by Crippen LogP contribution is 2.34. The molecule has 0 bridgehead atoms. The molecule has 0 aromatic carbocycles. The van der Waals surface area contributed by atoms with Crippen molar-refractivity contribution < 1.29 is 0 Å². The summed E-state index contributed by atoms with van der Waals surface area (Å²) in [5, 5.41) is 3.90. The van der Waals surface area contributed by atoms with Crippen LogP contribution in [0.5, 0.6) is 0 Å². The number of nitrogens with one attached hydrogen (secondary N) is 1. The summed E-state index contributed by atoms with van der Waals surface area (Å²) < 4.78 is 0. The van der Waals surface area contributed by atoms with Crippen molar-refractivity contribution in [2.45, 2.75) is 77.3 Å². The first kappa shape index (κ1) is 14.3. The van der Waals surface area contributed by atoms with Crippen LogP contribution in [0.3, 0.4) is 0 Å². The van der Waals surface area contributed by atoms with Gasteiger partial charge in [0.1, 0.15) is 0 Å². The lowest BCUT2D eigenvalue weighted by molar-refractivity contribution is 0.00816. The van der Waals surface area contributed by atoms with E-state index in [0.29, 0.717) is 11.1 Å². The normalized spacial score (nSPS) is 27.8. The minimum atomic E-state index is 0.331. The van der Waals surface area contributed by atoms with Gasteiger partial charge in [-0.1, -0.05) is 33.1 Å². The van der Waals surface area contributed by atoms with E-state index in [2.05, 4.69) is 37.9 Å². The zero-order valence-corrected chi connectivity index (χ0v) is 12.9. The van der Waals surface area contributed by atoms with E-state index in [1.54, 1.807) is 0 Å². The Labute approximate surface area is 114 Å². The Balaban J connectivity index is 1.99. The number of hydrogen-bond donors (Lipinski definition) is 1. The van der Waals surface area contributed by atoms with Gasteiger partial charge in [0, 0.05) is 24.2 Å². The summed E-state index contributed by atoms with van der Waals surface area (Å²) in [6, 6.07) is 0. The fraction of sp³-hybridized carbons (Fsp3) is 1.00. The molecule has 0 unspecified atom stereocenters. The largest absolute Gasteiger partial charge is 0.308 e. The summed E-state index contributed by atoms with van der Waals surface area (Å²) >= 11 is 0. The first-order chi connectivity index (χ1) is 8.44. The van der Waals surface area contributed by atoms with Gasteiger partial charge in [-0.15, -0.1) is 0 Å². The van der Waals surface area contributed by atoms with Gasteiger partial charge < -0.3 is 5.32 Å². The molecule has 1 spiro atoms. The molecule has 2 aliphatic rings. The van der Waals surface area contributed by atoms with Gasteiger partial charge in [0.2, 0.25) is 0 Å². The third-order valence-electron chi connectivity index (χ3n) is 5.03. The van der Waals surface area contributed by atoms with E-state index in [1.165, 1.54) is 51.6 Å². The van der Waals surface area contributed by atoms with Crippen molar-refractivity contribution in [1.82, 2.24) is 10.2 Å². The van der Waals surface area contributed by atoms with Crippen LogP contribution < -0.4 is 5.32 Å². The van der Waals surface area contributed by atoms with Crippen LogP contribution in [0.25, 0.3) is 0 Å². The SMILES string of the molecule is CC(C)CCN1CC2(CCCCC2)NCC1(C)C. The Morgan fingerprint density at radius 1 is 1.11 bits per heavy atom. The lowest BCUT2D eigenvalue weighted by Gasteiger charge is -2.53. The van der Waals surface area contributed by atoms with E-state index < -0.39 is 0 Å². The molecule has 2 rings (SSSR count). The van der Waals surface area contributed by atoms with E-state index >= 15 is 0 Å². The molecule has 2 heteroatoms. The van der Waals surface area contributed by atoms with Crippen molar-refractivity contribution in [2.75, 3.05) is 19.6 Å². The summed E-state index contributed by atoms with van der Waals surface area (Å²) in [6.45, 7) is 13.2. The Hall–Kier alpha value is -0.0800. The predicted molar refractivity (Wildman–Crippen MR) is 78.9 cm³/mol. The van der Waals surface area contributed by atoms with E-state index in [0.717, 1.165) is 12.5 Å². The maximum Gasteiger partial charge on any atom is 0.0309 e. The van der Waals surface area contributed by atoms with Crippen molar-refractivity contribution in [2.24, 2.45) is 5.92 Å². The lowest BCUT2D eigenvalue weighted by Crippen LogP contribution is -2.68. The van der Waals surface area contributed by atoms with E-state index in [1.807, 2.05) is 0 Å². The molecule has 18 heavy (non-hydrogen) atoms. The Morgan fingerprint density at radius 3 is 2.39 bits per heavy atom. The van der Waals surface area contributed by atoms with Gasteiger partial charge in [0.25, 0.3) is 0 Å². The van der Waals surface area contributed by atoms with Crippen LogP contribution in [-0.2, 0) is 0 Å². The van der Waals surface area contributed by atoms with Crippen molar-refractivity contribution >= 4 is 0 Å². The standard InChI is InChI=1S/C16H32N2/c1-14(2)8-11-18-13-16(9-6-5-7-10-16)17-12-15(18,3)4/h14,17H,5-13H2,1-4H3. The maximum atomic E-state index is 3.90. The summed E-state index contributed by atoms with van der Waals surface area (Å²) in [6.07, 6.45) is 8.40. The van der Waals surface area contributed by atoms with Crippen molar-refractivity contribution in [3.8, 4) is 0 Å². The van der Waals surface area contributed by atoms with Crippen LogP contribution in [0.4, 0.5) is 0 Å². The molecule has 0 amide bonds. The summed E-state index contributed by atoms with van der Waals surface area (Å²) in [4.78, 5) is 2.76. The molecule has 0 atom stereocenters. The second-order valence-electron chi connectivity index (χ2n) is 7.61. The Kier molecular flexibility index (Phi) is 4.38. The van der Waals surface area contributed by atoms with Crippen LogP contribution in [0.1, 0.15) is 66.2 Å². The average Bonchev–Trinajstić information content (AvgIpc) is 2.32. The number of rotatable bonds is 3. The lowest BCUT2D eigenvalue weighted by atomic mass is 9.77. The maximum absolute atomic E-state index is 3.90. The third kappa shape index (κ3) is 3.27. The highest BCUT2D eigenvalue weighted by molar-refractivity contribution is 5.03. The number of nitrogens with zero attached hydrogens (tertiary/aromatic N) is 1. The fourth-order valence-corrected chi connectivity index (χ4v) is 3.51. The van der Waals surface area contributed by atoms with Crippen molar-refractivity contribution in [3.05, 3.63) is 0 Å². The van der Waals surface area contributed by atoms with E-state index in [-0.39, 0.29) is 0 Å². The Morgan fingerprint density at radius 2 is 1.78 bits per heavy atom. The van der Waals surface area contributed by atoms with Gasteiger partial charge in [0.05, 0.1) is 0 Å². The van der Waals surface area contributed by atoms with Crippen LogP contribution in [0.2, 0.25) is 0 Å². The molecular weight excluding hydrogens is 220 g/mol. The zero-order chi connectivity index (χ0) is 13.2. The van der Waals surface area contributed by atoms with E-state index in [4.69, 9.17) is 0 Å². The molecule has 1 aliphatic heterocycles. The smallest absolute Gasteiger partial charge is 0.0309 e. The first-order valence-corrected chi connectivity index (χ1v) is 7.94. The minimum absolute atomic E-state index is 0.331. The Bertz CT molecular complexity index is 264. The van der Waals surface area contributed by atoms with Crippen LogP contribution >= 0.6 is 0 Å². The summed E-state index contributed by atoms with van der Waals surface area (Å²) in [7, 11) is 0. The molecule has 2 nitrogen and oxygen atoms in total. The van der Waals surface area contributed by atoms with Crippen LogP contribution in [-0.4, -0.2) is 35.6 Å². The molecule has 1 saturated carbocycles. The van der Waals surface area contributed by atoms with Crippen LogP contribution in [0, 0.1) is 5.92 Å². The van der Waals surface area contributed by atoms with Crippen molar-refractivity contribution in [3.63, 3.8) is 0 Å². The van der Waals surface area contributed by atoms with Gasteiger partial charge in [-0.25, -0.2) is 0 Å². The molecule has 0 aromatic rings. The zero-order valence-electron chi connectivity index (χ0n) is 12.9. The topological polar surface area (TPSA) is 15.3 Å². The summed E-state index contributed by atoms with van der Waals surface area (Å²) in [5.41, 5.74) is 0.780. The summed E-state index contributed by atoms with van der Waals surface area (Å²) in [5.74, 6) is 0.818. The second kappa shape index (κ2) is 5.50. The molecular formula is C16H32N2. The quantitative estimate of drug-likeness (QED) is 0.828. The van der Waals surface area contributed by atoms with Gasteiger partial charge >= 0.3 is 0 Å².